The molecule has 0 bridgehead atoms. The van der Waals surface area contributed by atoms with E-state index in [1.54, 1.807) is 0 Å². The maximum atomic E-state index is 13.0. The fraction of sp³-hybridized carbons (Fsp3) is 0.0909. The fourth-order valence-electron chi connectivity index (χ4n) is 1.52. The first-order valence-electron chi connectivity index (χ1n) is 4.91. The molecule has 0 radical (unpaired) electrons. The highest BCUT2D eigenvalue weighted by Gasteiger charge is 2.13. The van der Waals surface area contributed by atoms with Gasteiger partial charge in [0.15, 0.2) is 0 Å². The zero-order chi connectivity index (χ0) is 13.4. The number of aromatic hydroxyl groups is 1. The number of hydrogen-bond donors (Lipinski definition) is 2. The molecule has 1 aromatic carbocycles. The van der Waals surface area contributed by atoms with E-state index in [0.717, 1.165) is 12.1 Å². The van der Waals surface area contributed by atoms with Crippen molar-refractivity contribution in [2.45, 2.75) is 6.92 Å². The predicted octanol–water partition coefficient (Wildman–Crippen LogP) is 0.818. The van der Waals surface area contributed by atoms with Crippen LogP contribution in [0.5, 0.6) is 5.88 Å². The molecule has 94 valence electrons. The van der Waals surface area contributed by atoms with Crippen LogP contribution in [-0.2, 0) is 0 Å². The molecule has 5 nitrogen and oxygen atoms in total. The van der Waals surface area contributed by atoms with Gasteiger partial charge in [-0.15, -0.1) is 0 Å². The quantitative estimate of drug-likeness (QED) is 0.791. The number of benzene rings is 1. The van der Waals surface area contributed by atoms with Gasteiger partial charge in [0.05, 0.1) is 11.3 Å². The summed E-state index contributed by atoms with van der Waals surface area (Å²) < 4.78 is 26.7. The lowest BCUT2D eigenvalue weighted by Gasteiger charge is -2.09. The van der Waals surface area contributed by atoms with E-state index in [1.807, 2.05) is 4.98 Å². The Balaban J connectivity index is 2.83. The SMILES string of the molecule is Cc1c(O)n(-c2cc(F)cc(F)c2)c(=O)[nH]c1=O. The minimum absolute atomic E-state index is 0.126. The zero-order valence-electron chi connectivity index (χ0n) is 9.20. The highest BCUT2D eigenvalue weighted by atomic mass is 19.1. The molecule has 7 heteroatoms. The average Bonchev–Trinajstić information content (AvgIpc) is 2.24. The van der Waals surface area contributed by atoms with Crippen LogP contribution in [0.1, 0.15) is 5.56 Å². The fourth-order valence-corrected chi connectivity index (χ4v) is 1.52. The Morgan fingerprint density at radius 1 is 1.17 bits per heavy atom. The molecule has 0 aliphatic carbocycles. The minimum atomic E-state index is -0.979. The Hall–Kier alpha value is -2.44. The Morgan fingerprint density at radius 3 is 2.28 bits per heavy atom. The summed E-state index contributed by atoms with van der Waals surface area (Å²) in [6.07, 6.45) is 0. The molecule has 0 atom stereocenters. The van der Waals surface area contributed by atoms with Gasteiger partial charge in [-0.05, 0) is 19.1 Å². The van der Waals surface area contributed by atoms with Gasteiger partial charge in [0.1, 0.15) is 11.6 Å². The molecule has 18 heavy (non-hydrogen) atoms. The topological polar surface area (TPSA) is 75.1 Å². The Morgan fingerprint density at radius 2 is 1.72 bits per heavy atom. The summed E-state index contributed by atoms with van der Waals surface area (Å²) in [5.41, 5.74) is -2.08. The number of aromatic amines is 1. The molecule has 0 aliphatic heterocycles. The maximum Gasteiger partial charge on any atom is 0.335 e. The number of nitrogens with zero attached hydrogens (tertiary/aromatic N) is 1. The van der Waals surface area contributed by atoms with Gasteiger partial charge >= 0.3 is 5.69 Å². The van der Waals surface area contributed by atoms with E-state index in [1.165, 1.54) is 6.92 Å². The number of aromatic nitrogens is 2. The largest absolute Gasteiger partial charge is 0.494 e. The summed E-state index contributed by atoms with van der Waals surface area (Å²) in [5, 5.41) is 9.69. The Labute approximate surface area is 99.0 Å². The maximum absolute atomic E-state index is 13.0. The average molecular weight is 254 g/mol. The second kappa shape index (κ2) is 4.10. The van der Waals surface area contributed by atoms with Gasteiger partial charge in [-0.1, -0.05) is 0 Å². The second-order valence-corrected chi connectivity index (χ2v) is 3.67. The molecule has 2 aromatic rings. The third-order valence-corrected chi connectivity index (χ3v) is 2.42. The molecule has 2 rings (SSSR count). The van der Waals surface area contributed by atoms with E-state index < -0.39 is 28.8 Å². The molecule has 0 saturated carbocycles. The van der Waals surface area contributed by atoms with E-state index in [4.69, 9.17) is 0 Å². The van der Waals surface area contributed by atoms with Crippen molar-refractivity contribution in [1.82, 2.24) is 9.55 Å². The summed E-state index contributed by atoms with van der Waals surface area (Å²) in [4.78, 5) is 24.7. The molecule has 0 spiro atoms. The summed E-state index contributed by atoms with van der Waals surface area (Å²) >= 11 is 0. The minimum Gasteiger partial charge on any atom is -0.494 e. The van der Waals surface area contributed by atoms with Crippen molar-refractivity contribution >= 4 is 0 Å². The van der Waals surface area contributed by atoms with Gasteiger partial charge in [-0.3, -0.25) is 9.78 Å². The first-order chi connectivity index (χ1) is 8.40. The van der Waals surface area contributed by atoms with E-state index >= 15 is 0 Å². The first-order valence-corrected chi connectivity index (χ1v) is 4.91. The molecule has 0 unspecified atom stereocenters. The number of rotatable bonds is 1. The molecule has 0 aliphatic rings. The van der Waals surface area contributed by atoms with E-state index in [0.29, 0.717) is 10.6 Å². The molecular formula is C11H8F2N2O3. The van der Waals surface area contributed by atoms with Gasteiger partial charge in [0, 0.05) is 6.07 Å². The summed E-state index contributed by atoms with van der Waals surface area (Å²) in [6.45, 7) is 1.28. The zero-order valence-corrected chi connectivity index (χ0v) is 9.20. The van der Waals surface area contributed by atoms with Crippen LogP contribution in [-0.4, -0.2) is 14.7 Å². The summed E-state index contributed by atoms with van der Waals surface area (Å²) in [5.74, 6) is -2.46. The van der Waals surface area contributed by atoms with Crippen LogP contribution >= 0.6 is 0 Å². The standard InChI is InChI=1S/C11H8F2N2O3/c1-5-9(16)14-11(18)15(10(5)17)8-3-6(12)2-7(13)4-8/h2-4,17H,1H3,(H,14,16,18). The van der Waals surface area contributed by atoms with Crippen LogP contribution in [0, 0.1) is 18.6 Å². The molecule has 0 fully saturated rings. The molecule has 1 heterocycles. The van der Waals surface area contributed by atoms with Crippen molar-refractivity contribution < 1.29 is 13.9 Å². The van der Waals surface area contributed by atoms with E-state index in [-0.39, 0.29) is 11.3 Å². The van der Waals surface area contributed by atoms with Crippen molar-refractivity contribution in [3.63, 3.8) is 0 Å². The third-order valence-electron chi connectivity index (χ3n) is 2.42. The van der Waals surface area contributed by atoms with E-state index in [2.05, 4.69) is 0 Å². The van der Waals surface area contributed by atoms with Gasteiger partial charge < -0.3 is 5.11 Å². The normalized spacial score (nSPS) is 10.6. The smallest absolute Gasteiger partial charge is 0.335 e. The summed E-state index contributed by atoms with van der Waals surface area (Å²) in [7, 11) is 0. The highest BCUT2D eigenvalue weighted by Crippen LogP contribution is 2.17. The van der Waals surface area contributed by atoms with Gasteiger partial charge in [-0.25, -0.2) is 18.1 Å². The van der Waals surface area contributed by atoms with E-state index in [9.17, 15) is 23.5 Å². The van der Waals surface area contributed by atoms with Crippen LogP contribution in [0.15, 0.2) is 27.8 Å². The van der Waals surface area contributed by atoms with Crippen LogP contribution in [0.2, 0.25) is 0 Å². The highest BCUT2D eigenvalue weighted by molar-refractivity contribution is 5.38. The Kier molecular flexibility index (Phi) is 2.74. The third kappa shape index (κ3) is 1.90. The van der Waals surface area contributed by atoms with Crippen LogP contribution in [0.3, 0.4) is 0 Å². The lowest BCUT2D eigenvalue weighted by molar-refractivity contribution is 0.425. The first kappa shape index (κ1) is 12.0. The lowest BCUT2D eigenvalue weighted by atomic mass is 10.2. The molecule has 0 amide bonds. The predicted molar refractivity (Wildman–Crippen MR) is 59.0 cm³/mol. The monoisotopic (exact) mass is 254 g/mol. The van der Waals surface area contributed by atoms with Gasteiger partial charge in [0.25, 0.3) is 5.56 Å². The van der Waals surface area contributed by atoms with Gasteiger partial charge in [-0.2, -0.15) is 0 Å². The number of hydrogen-bond acceptors (Lipinski definition) is 3. The van der Waals surface area contributed by atoms with Crippen molar-refractivity contribution in [3.05, 3.63) is 56.2 Å². The van der Waals surface area contributed by atoms with Crippen molar-refractivity contribution in [2.24, 2.45) is 0 Å². The van der Waals surface area contributed by atoms with Crippen molar-refractivity contribution in [1.29, 1.82) is 0 Å². The van der Waals surface area contributed by atoms with Crippen LogP contribution < -0.4 is 11.2 Å². The second-order valence-electron chi connectivity index (χ2n) is 3.67. The van der Waals surface area contributed by atoms with Crippen LogP contribution in [0.4, 0.5) is 8.78 Å². The van der Waals surface area contributed by atoms with Crippen LogP contribution in [0.25, 0.3) is 5.69 Å². The number of halogens is 2. The molecular weight excluding hydrogens is 246 g/mol. The number of nitrogens with one attached hydrogen (secondary N) is 1. The number of H-pyrrole nitrogens is 1. The van der Waals surface area contributed by atoms with Crippen molar-refractivity contribution in [3.8, 4) is 11.6 Å². The van der Waals surface area contributed by atoms with Crippen molar-refractivity contribution in [2.75, 3.05) is 0 Å². The van der Waals surface area contributed by atoms with Gasteiger partial charge in [0.2, 0.25) is 5.88 Å². The summed E-state index contributed by atoms with van der Waals surface area (Å²) in [6, 6.07) is 2.36. The Bertz CT molecular complexity index is 714. The molecule has 1 aromatic heterocycles. The molecule has 2 N–H and O–H groups in total. The molecule has 0 saturated heterocycles. The lowest BCUT2D eigenvalue weighted by Crippen LogP contribution is -2.30.